The number of anilines is 1. The van der Waals surface area contributed by atoms with Crippen molar-refractivity contribution in [1.82, 2.24) is 0 Å². The summed E-state index contributed by atoms with van der Waals surface area (Å²) in [6.45, 7) is 2.67. The van der Waals surface area contributed by atoms with Gasteiger partial charge in [-0.1, -0.05) is 12.1 Å². The largest absolute Gasteiger partial charge is 0.492 e. The average molecular weight is 234 g/mol. The fraction of sp³-hybridized carbons (Fsp3) is 0.462. The van der Waals surface area contributed by atoms with Crippen LogP contribution in [0.25, 0.3) is 0 Å². The van der Waals surface area contributed by atoms with Gasteiger partial charge in [0, 0.05) is 13.5 Å². The molecule has 2 N–H and O–H groups in total. The molecule has 0 aliphatic carbocycles. The molecule has 0 saturated heterocycles. The predicted octanol–water partition coefficient (Wildman–Crippen LogP) is 0.974. The van der Waals surface area contributed by atoms with Crippen LogP contribution in [0.4, 0.5) is 5.69 Å². The maximum Gasteiger partial charge on any atom is 0.169 e. The van der Waals surface area contributed by atoms with Crippen molar-refractivity contribution in [2.45, 2.75) is 19.4 Å². The molecule has 4 heteroatoms. The zero-order valence-corrected chi connectivity index (χ0v) is 10.3. The summed E-state index contributed by atoms with van der Waals surface area (Å²) in [5.41, 5.74) is 7.62. The summed E-state index contributed by atoms with van der Waals surface area (Å²) in [4.78, 5) is 13.7. The van der Waals surface area contributed by atoms with Gasteiger partial charge in [-0.05, 0) is 18.6 Å². The van der Waals surface area contributed by atoms with Crippen LogP contribution in [0, 0.1) is 0 Å². The van der Waals surface area contributed by atoms with E-state index in [0.717, 1.165) is 23.4 Å². The minimum Gasteiger partial charge on any atom is -0.492 e. The van der Waals surface area contributed by atoms with E-state index in [1.165, 1.54) is 0 Å². The van der Waals surface area contributed by atoms with Gasteiger partial charge in [0.1, 0.15) is 5.75 Å². The fourth-order valence-corrected chi connectivity index (χ4v) is 2.37. The quantitative estimate of drug-likeness (QED) is 0.843. The third-order valence-electron chi connectivity index (χ3n) is 3.19. The Morgan fingerprint density at radius 2 is 2.35 bits per heavy atom. The Morgan fingerprint density at radius 1 is 1.59 bits per heavy atom. The first-order chi connectivity index (χ1) is 8.19. The highest BCUT2D eigenvalue weighted by atomic mass is 16.5. The molecule has 0 amide bonds. The van der Waals surface area contributed by atoms with Gasteiger partial charge >= 0.3 is 0 Å². The molecule has 1 unspecified atom stereocenters. The van der Waals surface area contributed by atoms with E-state index in [1.807, 2.05) is 37.1 Å². The van der Waals surface area contributed by atoms with E-state index < -0.39 is 0 Å². The number of likely N-dealkylation sites (N-methyl/N-ethyl adjacent to an activating group) is 1. The number of para-hydroxylation sites is 1. The first-order valence-electron chi connectivity index (χ1n) is 5.89. The zero-order valence-electron chi connectivity index (χ0n) is 10.3. The van der Waals surface area contributed by atoms with Crippen LogP contribution in [0.15, 0.2) is 18.2 Å². The summed E-state index contributed by atoms with van der Waals surface area (Å²) in [7, 11) is 1.92. The summed E-state index contributed by atoms with van der Waals surface area (Å²) in [5.74, 6) is 0.922. The Morgan fingerprint density at radius 3 is 3.00 bits per heavy atom. The summed E-state index contributed by atoms with van der Waals surface area (Å²) in [6, 6.07) is 5.80. The van der Waals surface area contributed by atoms with Crippen molar-refractivity contribution in [2.24, 2.45) is 5.73 Å². The topological polar surface area (TPSA) is 55.6 Å². The number of nitrogens with zero attached hydrogens (tertiary/aromatic N) is 1. The van der Waals surface area contributed by atoms with Crippen molar-refractivity contribution in [1.29, 1.82) is 0 Å². The van der Waals surface area contributed by atoms with Gasteiger partial charge in [-0.25, -0.2) is 0 Å². The van der Waals surface area contributed by atoms with Crippen LogP contribution < -0.4 is 15.4 Å². The Balaban J connectivity index is 2.34. The van der Waals surface area contributed by atoms with Crippen molar-refractivity contribution in [2.75, 3.05) is 25.1 Å². The highest BCUT2D eigenvalue weighted by Gasteiger charge is 2.33. The number of nitrogens with two attached hydrogens (primary N) is 1. The van der Waals surface area contributed by atoms with Crippen LogP contribution in [0.5, 0.6) is 5.75 Å². The molecule has 1 aromatic rings. The van der Waals surface area contributed by atoms with E-state index in [0.29, 0.717) is 6.61 Å². The first-order valence-corrected chi connectivity index (χ1v) is 5.89. The number of hydrogen-bond donors (Lipinski definition) is 1. The highest BCUT2D eigenvalue weighted by molar-refractivity contribution is 5.92. The Bertz CT molecular complexity index is 431. The van der Waals surface area contributed by atoms with E-state index in [4.69, 9.17) is 10.5 Å². The molecule has 0 bridgehead atoms. The van der Waals surface area contributed by atoms with Gasteiger partial charge < -0.3 is 15.4 Å². The van der Waals surface area contributed by atoms with Crippen LogP contribution in [0.2, 0.25) is 0 Å². The summed E-state index contributed by atoms with van der Waals surface area (Å²) in [5, 5.41) is 0. The van der Waals surface area contributed by atoms with Crippen molar-refractivity contribution < 1.29 is 9.53 Å². The minimum atomic E-state index is -0.142. The number of Topliss-reactive ketones (excluding diaryl/α,β-unsaturated/α-hetero) is 1. The number of benzene rings is 1. The van der Waals surface area contributed by atoms with Crippen LogP contribution in [-0.2, 0) is 11.2 Å². The summed E-state index contributed by atoms with van der Waals surface area (Å²) in [6.07, 6.45) is 0.725. The van der Waals surface area contributed by atoms with Crippen LogP contribution in [0.1, 0.15) is 12.5 Å². The van der Waals surface area contributed by atoms with E-state index in [1.54, 1.807) is 0 Å². The van der Waals surface area contributed by atoms with Gasteiger partial charge in [-0.2, -0.15) is 0 Å². The normalized spacial score (nSPS) is 18.1. The number of carbonyl (C=O) groups is 1. The molecule has 92 valence electrons. The molecule has 1 aliphatic rings. The van der Waals surface area contributed by atoms with Crippen LogP contribution >= 0.6 is 0 Å². The number of ether oxygens (including phenoxy) is 1. The van der Waals surface area contributed by atoms with Gasteiger partial charge in [-0.3, -0.25) is 4.79 Å². The third kappa shape index (κ3) is 2.00. The van der Waals surface area contributed by atoms with Gasteiger partial charge in [0.2, 0.25) is 0 Å². The highest BCUT2D eigenvalue weighted by Crippen LogP contribution is 2.39. The van der Waals surface area contributed by atoms with E-state index in [2.05, 4.69) is 0 Å². The molecule has 0 spiro atoms. The number of hydrogen-bond acceptors (Lipinski definition) is 4. The van der Waals surface area contributed by atoms with Crippen molar-refractivity contribution in [3.63, 3.8) is 0 Å². The zero-order chi connectivity index (χ0) is 12.4. The average Bonchev–Trinajstić information content (AvgIpc) is 2.67. The molecule has 0 aromatic heterocycles. The second-order valence-electron chi connectivity index (χ2n) is 4.20. The van der Waals surface area contributed by atoms with Gasteiger partial charge in [0.05, 0.1) is 24.9 Å². The SMILES string of the molecule is CCOc1cccc2c1N(C)C(C(=O)CN)C2. The molecular weight excluding hydrogens is 216 g/mol. The smallest absolute Gasteiger partial charge is 0.169 e. The predicted molar refractivity (Wildman–Crippen MR) is 67.6 cm³/mol. The lowest BCUT2D eigenvalue weighted by molar-refractivity contribution is -0.118. The molecule has 1 aromatic carbocycles. The van der Waals surface area contributed by atoms with Crippen molar-refractivity contribution >= 4 is 11.5 Å². The molecule has 0 fully saturated rings. The molecule has 2 rings (SSSR count). The molecule has 1 aliphatic heterocycles. The van der Waals surface area contributed by atoms with E-state index in [-0.39, 0.29) is 18.4 Å². The molecule has 1 atom stereocenters. The van der Waals surface area contributed by atoms with Crippen molar-refractivity contribution in [3.05, 3.63) is 23.8 Å². The Hall–Kier alpha value is -1.55. The summed E-state index contributed by atoms with van der Waals surface area (Å²) >= 11 is 0. The third-order valence-corrected chi connectivity index (χ3v) is 3.19. The molecule has 1 heterocycles. The monoisotopic (exact) mass is 234 g/mol. The lowest BCUT2D eigenvalue weighted by Gasteiger charge is -2.22. The van der Waals surface area contributed by atoms with Crippen LogP contribution in [-0.4, -0.2) is 32.0 Å². The fourth-order valence-electron chi connectivity index (χ4n) is 2.37. The second-order valence-corrected chi connectivity index (χ2v) is 4.20. The minimum absolute atomic E-state index is 0.0751. The molecule has 4 nitrogen and oxygen atoms in total. The van der Waals surface area contributed by atoms with Gasteiger partial charge in [-0.15, -0.1) is 0 Å². The molecule has 0 radical (unpaired) electrons. The molecule has 0 saturated carbocycles. The maximum atomic E-state index is 11.8. The number of fused-ring (bicyclic) bond motifs is 1. The van der Waals surface area contributed by atoms with E-state index >= 15 is 0 Å². The lowest BCUT2D eigenvalue weighted by atomic mass is 10.1. The standard InChI is InChI=1S/C13H18N2O2/c1-3-17-12-6-4-5-9-7-10(11(16)8-14)15(2)13(9)12/h4-6,10H,3,7-8,14H2,1-2H3. The first kappa shape index (κ1) is 11.9. The summed E-state index contributed by atoms with van der Waals surface area (Å²) < 4.78 is 5.60. The Labute approximate surface area is 101 Å². The van der Waals surface area contributed by atoms with Gasteiger partial charge in [0.15, 0.2) is 5.78 Å². The van der Waals surface area contributed by atoms with Gasteiger partial charge in [0.25, 0.3) is 0 Å². The number of rotatable bonds is 4. The maximum absolute atomic E-state index is 11.8. The van der Waals surface area contributed by atoms with E-state index in [9.17, 15) is 4.79 Å². The Kier molecular flexibility index (Phi) is 3.33. The number of carbonyl (C=O) groups excluding carboxylic acids is 1. The van der Waals surface area contributed by atoms with Crippen molar-refractivity contribution in [3.8, 4) is 5.75 Å². The lowest BCUT2D eigenvalue weighted by Crippen LogP contribution is -2.39. The number of ketones is 1. The molecule has 17 heavy (non-hydrogen) atoms. The van der Waals surface area contributed by atoms with Crippen LogP contribution in [0.3, 0.4) is 0 Å². The molecular formula is C13H18N2O2. The second kappa shape index (κ2) is 4.75.